The van der Waals surface area contributed by atoms with Crippen molar-refractivity contribution in [1.29, 1.82) is 0 Å². The first-order valence-electron chi connectivity index (χ1n) is 6.94. The molecule has 21 heavy (non-hydrogen) atoms. The van der Waals surface area contributed by atoms with Gasteiger partial charge in [-0.25, -0.2) is 4.68 Å². The van der Waals surface area contributed by atoms with Crippen molar-refractivity contribution in [3.8, 4) is 0 Å². The Hall–Kier alpha value is -1.89. The highest BCUT2D eigenvalue weighted by atomic mass is 16.5. The highest BCUT2D eigenvalue weighted by Crippen LogP contribution is 2.12. The predicted molar refractivity (Wildman–Crippen MR) is 79.9 cm³/mol. The zero-order valence-electron chi connectivity index (χ0n) is 13.3. The Morgan fingerprint density at radius 1 is 1.43 bits per heavy atom. The zero-order chi connectivity index (χ0) is 16.0. The van der Waals surface area contributed by atoms with Gasteiger partial charge >= 0.3 is 5.97 Å². The van der Waals surface area contributed by atoms with Gasteiger partial charge < -0.3 is 10.1 Å². The number of hydrogen-bond acceptors (Lipinski definition) is 5. The largest absolute Gasteiger partial charge is 0.469 e. The van der Waals surface area contributed by atoms with Crippen molar-refractivity contribution in [3.63, 3.8) is 0 Å². The fourth-order valence-electron chi connectivity index (χ4n) is 2.06. The van der Waals surface area contributed by atoms with Crippen LogP contribution in [0.1, 0.15) is 26.8 Å². The fraction of sp³-hybridized carbons (Fsp3) is 0.643. The summed E-state index contributed by atoms with van der Waals surface area (Å²) < 4.78 is 6.41. The second-order valence-electron chi connectivity index (χ2n) is 5.42. The van der Waals surface area contributed by atoms with Gasteiger partial charge in [-0.05, 0) is 20.9 Å². The number of amides is 1. The number of likely N-dealkylation sites (N-methyl/N-ethyl adjacent to an activating group) is 1. The third-order valence-electron chi connectivity index (χ3n) is 3.03. The minimum Gasteiger partial charge on any atom is -0.469 e. The van der Waals surface area contributed by atoms with E-state index in [1.807, 2.05) is 13.8 Å². The van der Waals surface area contributed by atoms with Crippen LogP contribution in [0.4, 0.5) is 5.82 Å². The summed E-state index contributed by atoms with van der Waals surface area (Å²) in [6.07, 6.45) is 1.65. The molecule has 0 fully saturated rings. The Bertz CT molecular complexity index is 484. The number of carbonyl (C=O) groups excluding carboxylic acids is 2. The summed E-state index contributed by atoms with van der Waals surface area (Å²) in [4.78, 5) is 25.1. The van der Waals surface area contributed by atoms with Crippen LogP contribution in [0.15, 0.2) is 12.3 Å². The van der Waals surface area contributed by atoms with Crippen LogP contribution < -0.4 is 5.32 Å². The molecule has 7 nitrogen and oxygen atoms in total. The van der Waals surface area contributed by atoms with Crippen LogP contribution in [-0.4, -0.2) is 53.8 Å². The van der Waals surface area contributed by atoms with E-state index in [1.54, 1.807) is 35.8 Å². The van der Waals surface area contributed by atoms with Gasteiger partial charge in [-0.3, -0.25) is 14.5 Å². The number of carbonyl (C=O) groups is 2. The zero-order valence-corrected chi connectivity index (χ0v) is 13.3. The molecule has 0 aliphatic carbocycles. The van der Waals surface area contributed by atoms with E-state index < -0.39 is 0 Å². The third-order valence-corrected chi connectivity index (χ3v) is 3.03. The molecule has 7 heteroatoms. The lowest BCUT2D eigenvalue weighted by atomic mass is 10.2. The maximum atomic E-state index is 12.0. The number of nitrogens with zero attached hydrogens (tertiary/aromatic N) is 3. The molecule has 1 aromatic heterocycles. The Morgan fingerprint density at radius 3 is 2.67 bits per heavy atom. The molecule has 0 radical (unpaired) electrons. The molecule has 1 heterocycles. The van der Waals surface area contributed by atoms with E-state index in [0.717, 1.165) is 0 Å². The number of hydrogen-bond donors (Lipinski definition) is 1. The first-order chi connectivity index (χ1) is 9.85. The second-order valence-corrected chi connectivity index (χ2v) is 5.42. The van der Waals surface area contributed by atoms with Crippen molar-refractivity contribution in [1.82, 2.24) is 14.7 Å². The topological polar surface area (TPSA) is 76.5 Å². The lowest BCUT2D eigenvalue weighted by Crippen LogP contribution is -2.35. The van der Waals surface area contributed by atoms with Gasteiger partial charge in [-0.1, -0.05) is 6.92 Å². The van der Waals surface area contributed by atoms with Crippen LogP contribution in [0.25, 0.3) is 0 Å². The van der Waals surface area contributed by atoms with Gasteiger partial charge in [-0.2, -0.15) is 5.10 Å². The molecule has 0 spiro atoms. The van der Waals surface area contributed by atoms with Crippen molar-refractivity contribution in [2.45, 2.75) is 26.8 Å². The van der Waals surface area contributed by atoms with Gasteiger partial charge in [0.2, 0.25) is 5.91 Å². The van der Waals surface area contributed by atoms with Crippen molar-refractivity contribution in [2.75, 3.05) is 32.6 Å². The quantitative estimate of drug-likeness (QED) is 0.764. The van der Waals surface area contributed by atoms with E-state index in [0.29, 0.717) is 12.4 Å². The monoisotopic (exact) mass is 296 g/mol. The van der Waals surface area contributed by atoms with Gasteiger partial charge in [0.1, 0.15) is 5.82 Å². The van der Waals surface area contributed by atoms with Gasteiger partial charge in [0.25, 0.3) is 0 Å². The fourth-order valence-corrected chi connectivity index (χ4v) is 2.06. The molecule has 1 rings (SSSR count). The summed E-state index contributed by atoms with van der Waals surface area (Å²) in [6, 6.07) is 1.93. The molecule has 0 aliphatic heterocycles. The van der Waals surface area contributed by atoms with Crippen LogP contribution in [0.3, 0.4) is 0 Å². The standard InChI is InChI=1S/C14H24N4O3/c1-10(2)18-12(6-7-15-18)16-13(19)9-17(4)8-11(3)14(20)21-5/h6-7,10-11H,8-9H2,1-5H3,(H,16,19). The molecule has 0 saturated heterocycles. The molecular formula is C14H24N4O3. The molecule has 0 bridgehead atoms. The van der Waals surface area contributed by atoms with Crippen LogP contribution in [0.5, 0.6) is 0 Å². The van der Waals surface area contributed by atoms with Gasteiger partial charge in [0.05, 0.1) is 25.8 Å². The number of nitrogens with one attached hydrogen (secondary N) is 1. The number of anilines is 1. The molecule has 1 N–H and O–H groups in total. The van der Waals surface area contributed by atoms with Gasteiger partial charge in [-0.15, -0.1) is 0 Å². The van der Waals surface area contributed by atoms with Crippen LogP contribution >= 0.6 is 0 Å². The number of esters is 1. The number of rotatable bonds is 7. The Kier molecular flexibility index (Phi) is 6.36. The first-order valence-corrected chi connectivity index (χ1v) is 6.94. The average molecular weight is 296 g/mol. The highest BCUT2D eigenvalue weighted by Gasteiger charge is 2.17. The van der Waals surface area contributed by atoms with Crippen molar-refractivity contribution < 1.29 is 14.3 Å². The SMILES string of the molecule is COC(=O)C(C)CN(C)CC(=O)Nc1ccnn1C(C)C. The van der Waals surface area contributed by atoms with Gasteiger partial charge in [0.15, 0.2) is 0 Å². The van der Waals surface area contributed by atoms with E-state index in [-0.39, 0.29) is 30.4 Å². The summed E-state index contributed by atoms with van der Waals surface area (Å²) in [5, 5.41) is 6.98. The molecule has 1 aromatic rings. The molecule has 0 aliphatic rings. The molecule has 1 unspecified atom stereocenters. The van der Waals surface area contributed by atoms with Crippen molar-refractivity contribution in [3.05, 3.63) is 12.3 Å². The lowest BCUT2D eigenvalue weighted by molar-refractivity contribution is -0.145. The van der Waals surface area contributed by atoms with Crippen LogP contribution in [0.2, 0.25) is 0 Å². The van der Waals surface area contributed by atoms with E-state index in [9.17, 15) is 9.59 Å². The number of aromatic nitrogens is 2. The number of ether oxygens (including phenoxy) is 1. The van der Waals surface area contributed by atoms with Crippen molar-refractivity contribution >= 4 is 17.7 Å². The van der Waals surface area contributed by atoms with Gasteiger partial charge in [0, 0.05) is 18.7 Å². The maximum absolute atomic E-state index is 12.0. The molecule has 1 atom stereocenters. The maximum Gasteiger partial charge on any atom is 0.309 e. The minimum absolute atomic E-state index is 0.142. The second kappa shape index (κ2) is 7.78. The van der Waals surface area contributed by atoms with E-state index in [4.69, 9.17) is 0 Å². The highest BCUT2D eigenvalue weighted by molar-refractivity contribution is 5.91. The predicted octanol–water partition coefficient (Wildman–Crippen LogP) is 1.14. The van der Waals surface area contributed by atoms with Crippen LogP contribution in [-0.2, 0) is 14.3 Å². The van der Waals surface area contributed by atoms with E-state index >= 15 is 0 Å². The Morgan fingerprint density at radius 2 is 2.10 bits per heavy atom. The average Bonchev–Trinajstić information content (AvgIpc) is 2.85. The molecule has 0 aromatic carbocycles. The smallest absolute Gasteiger partial charge is 0.309 e. The summed E-state index contributed by atoms with van der Waals surface area (Å²) in [5.74, 6) is -0.0180. The van der Waals surface area contributed by atoms with Crippen molar-refractivity contribution in [2.24, 2.45) is 5.92 Å². The minimum atomic E-state index is -0.278. The molecule has 1 amide bonds. The number of methoxy groups -OCH3 is 1. The molecule has 118 valence electrons. The van der Waals surface area contributed by atoms with Crippen LogP contribution in [0, 0.1) is 5.92 Å². The molecule has 0 saturated carbocycles. The first kappa shape index (κ1) is 17.2. The van der Waals surface area contributed by atoms with E-state index in [1.165, 1.54) is 7.11 Å². The normalized spacial score (nSPS) is 12.5. The Labute approximate surface area is 125 Å². The van der Waals surface area contributed by atoms with E-state index in [2.05, 4.69) is 15.2 Å². The lowest BCUT2D eigenvalue weighted by Gasteiger charge is -2.19. The summed E-state index contributed by atoms with van der Waals surface area (Å²) >= 11 is 0. The summed E-state index contributed by atoms with van der Waals surface area (Å²) in [6.45, 7) is 6.42. The Balaban J connectivity index is 2.50. The summed E-state index contributed by atoms with van der Waals surface area (Å²) in [5.41, 5.74) is 0. The summed E-state index contributed by atoms with van der Waals surface area (Å²) in [7, 11) is 3.15. The molecular weight excluding hydrogens is 272 g/mol. The third kappa shape index (κ3) is 5.18.